The molecule has 1 aliphatic heterocycles. The zero-order valence-corrected chi connectivity index (χ0v) is 9.04. The van der Waals surface area contributed by atoms with Crippen LogP contribution < -0.4 is 10.6 Å². The van der Waals surface area contributed by atoms with Crippen LogP contribution in [0.1, 0.15) is 20.8 Å². The first-order valence-electron chi connectivity index (χ1n) is 5.28. The molecule has 0 bridgehead atoms. The van der Waals surface area contributed by atoms with E-state index < -0.39 is 0 Å². The summed E-state index contributed by atoms with van der Waals surface area (Å²) in [5.41, 5.74) is -0.389. The monoisotopic (exact) mass is 199 g/mol. The molecule has 2 rings (SSSR count). The summed E-state index contributed by atoms with van der Waals surface area (Å²) in [6, 6.07) is 0.384. The number of carbonyl (C=O) groups excluding carboxylic acids is 1. The van der Waals surface area contributed by atoms with Crippen molar-refractivity contribution in [3.63, 3.8) is 0 Å². The van der Waals surface area contributed by atoms with E-state index in [1.54, 1.807) is 0 Å². The predicted molar refractivity (Wildman–Crippen MR) is 51.8 cm³/mol. The van der Waals surface area contributed by atoms with Crippen LogP contribution in [0.25, 0.3) is 0 Å². The second-order valence-corrected chi connectivity index (χ2v) is 5.26. The maximum Gasteiger partial charge on any atom is 0.407 e. The van der Waals surface area contributed by atoms with Gasteiger partial charge in [0.05, 0.1) is 13.1 Å². The Hall–Kier alpha value is -0.770. The molecule has 1 saturated carbocycles. The summed E-state index contributed by atoms with van der Waals surface area (Å²) in [4.78, 5) is 11.4. The van der Waals surface area contributed by atoms with Crippen LogP contribution in [-0.2, 0) is 4.74 Å². The number of rotatable bonds is 1. The van der Waals surface area contributed by atoms with Gasteiger partial charge in [-0.1, -0.05) is 0 Å². The van der Waals surface area contributed by atoms with Crippen molar-refractivity contribution in [1.29, 1.82) is 0 Å². The van der Waals surface area contributed by atoms with Crippen LogP contribution in [0.4, 0.5) is 4.79 Å². The van der Waals surface area contributed by atoms with E-state index in [0.717, 1.165) is 13.1 Å². The molecule has 14 heavy (non-hydrogen) atoms. The first-order valence-corrected chi connectivity index (χ1v) is 5.28. The summed E-state index contributed by atoms with van der Waals surface area (Å²) in [6.07, 6.45) is -0.267. The van der Waals surface area contributed by atoms with Crippen molar-refractivity contribution in [1.82, 2.24) is 5.32 Å². The SMILES string of the molecule is CC(C)(C)OC(=O)NC1[C@H]2C[NH2+]C[C@@H]12. The second-order valence-electron chi connectivity index (χ2n) is 5.26. The fraction of sp³-hybridized carbons (Fsp3) is 0.900. The van der Waals surface area contributed by atoms with Crippen molar-refractivity contribution in [2.24, 2.45) is 11.8 Å². The van der Waals surface area contributed by atoms with Crippen molar-refractivity contribution >= 4 is 6.09 Å². The first kappa shape index (κ1) is 9.77. The van der Waals surface area contributed by atoms with E-state index in [0.29, 0.717) is 17.9 Å². The third kappa shape index (κ3) is 2.00. The van der Waals surface area contributed by atoms with Crippen LogP contribution in [0.2, 0.25) is 0 Å². The number of fused-ring (bicyclic) bond motifs is 1. The van der Waals surface area contributed by atoms with Gasteiger partial charge in [-0.2, -0.15) is 0 Å². The molecule has 0 aromatic carbocycles. The lowest BCUT2D eigenvalue weighted by Gasteiger charge is -2.20. The molecule has 4 nitrogen and oxygen atoms in total. The maximum absolute atomic E-state index is 11.4. The van der Waals surface area contributed by atoms with Gasteiger partial charge in [-0.3, -0.25) is 0 Å². The van der Waals surface area contributed by atoms with Crippen molar-refractivity contribution in [2.75, 3.05) is 13.1 Å². The van der Waals surface area contributed by atoms with Crippen molar-refractivity contribution < 1.29 is 14.8 Å². The van der Waals surface area contributed by atoms with Gasteiger partial charge in [0.2, 0.25) is 0 Å². The Morgan fingerprint density at radius 3 is 2.43 bits per heavy atom. The molecule has 4 heteroatoms. The average molecular weight is 199 g/mol. The third-order valence-electron chi connectivity index (χ3n) is 2.89. The molecule has 1 saturated heterocycles. The van der Waals surface area contributed by atoms with Gasteiger partial charge in [0.25, 0.3) is 0 Å². The molecule has 0 radical (unpaired) electrons. The molecule has 1 amide bonds. The zero-order valence-electron chi connectivity index (χ0n) is 9.04. The Balaban J connectivity index is 1.74. The highest BCUT2D eigenvalue weighted by Crippen LogP contribution is 2.39. The van der Waals surface area contributed by atoms with Gasteiger partial charge in [-0.05, 0) is 20.8 Å². The standard InChI is InChI=1S/C10H18N2O2/c1-10(2,3)14-9(13)12-8-6-4-11-5-7(6)8/h6-8,11H,4-5H2,1-3H3,(H,12,13)/p+1/t6-,7+,8?. The van der Waals surface area contributed by atoms with E-state index in [4.69, 9.17) is 4.74 Å². The summed E-state index contributed by atoms with van der Waals surface area (Å²) in [6.45, 7) is 7.96. The predicted octanol–water partition coefficient (Wildman–Crippen LogP) is -0.297. The smallest absolute Gasteiger partial charge is 0.407 e. The van der Waals surface area contributed by atoms with E-state index in [-0.39, 0.29) is 11.7 Å². The molecule has 1 aliphatic carbocycles. The molecule has 0 aromatic heterocycles. The summed E-state index contributed by atoms with van der Waals surface area (Å²) >= 11 is 0. The number of alkyl carbamates (subject to hydrolysis) is 1. The molecule has 3 N–H and O–H groups in total. The fourth-order valence-corrected chi connectivity index (χ4v) is 2.23. The molecule has 0 spiro atoms. The van der Waals surface area contributed by atoms with E-state index in [1.807, 2.05) is 20.8 Å². The number of ether oxygens (including phenoxy) is 1. The van der Waals surface area contributed by atoms with Crippen molar-refractivity contribution in [2.45, 2.75) is 32.4 Å². The minimum absolute atomic E-state index is 0.267. The highest BCUT2D eigenvalue weighted by Gasteiger charge is 2.57. The third-order valence-corrected chi connectivity index (χ3v) is 2.89. The molecule has 2 fully saturated rings. The number of nitrogens with one attached hydrogen (secondary N) is 1. The Morgan fingerprint density at radius 1 is 1.36 bits per heavy atom. The van der Waals surface area contributed by atoms with Crippen LogP contribution in [0, 0.1) is 11.8 Å². The van der Waals surface area contributed by atoms with Gasteiger partial charge in [0, 0.05) is 17.9 Å². The largest absolute Gasteiger partial charge is 0.444 e. The van der Waals surface area contributed by atoms with Gasteiger partial charge < -0.3 is 15.4 Å². The van der Waals surface area contributed by atoms with Crippen LogP contribution >= 0.6 is 0 Å². The molecular weight excluding hydrogens is 180 g/mol. The Morgan fingerprint density at radius 2 is 1.93 bits per heavy atom. The molecule has 80 valence electrons. The minimum atomic E-state index is -0.389. The fourth-order valence-electron chi connectivity index (χ4n) is 2.23. The number of nitrogens with two attached hydrogens (primary N) is 1. The minimum Gasteiger partial charge on any atom is -0.444 e. The normalized spacial score (nSPS) is 34.9. The summed E-state index contributed by atoms with van der Waals surface area (Å²) in [5.74, 6) is 1.39. The summed E-state index contributed by atoms with van der Waals surface area (Å²) in [5, 5.41) is 5.24. The van der Waals surface area contributed by atoms with Crippen molar-refractivity contribution in [3.8, 4) is 0 Å². The number of amides is 1. The Labute approximate surface area is 84.4 Å². The molecule has 3 atom stereocenters. The molecular formula is C10H19N2O2+. The molecule has 0 aromatic rings. The lowest BCUT2D eigenvalue weighted by molar-refractivity contribution is -0.644. The van der Waals surface area contributed by atoms with Crippen LogP contribution in [0.3, 0.4) is 0 Å². The number of quaternary nitrogens is 1. The van der Waals surface area contributed by atoms with E-state index in [2.05, 4.69) is 10.6 Å². The zero-order chi connectivity index (χ0) is 10.3. The van der Waals surface area contributed by atoms with E-state index in [1.165, 1.54) is 0 Å². The number of carbonyl (C=O) groups is 1. The van der Waals surface area contributed by atoms with Gasteiger partial charge >= 0.3 is 6.09 Å². The van der Waals surface area contributed by atoms with E-state index in [9.17, 15) is 4.79 Å². The summed E-state index contributed by atoms with van der Waals surface area (Å²) in [7, 11) is 0. The number of piperidine rings is 1. The van der Waals surface area contributed by atoms with Gasteiger partial charge in [0.1, 0.15) is 5.60 Å². The topological polar surface area (TPSA) is 54.9 Å². The second kappa shape index (κ2) is 3.12. The average Bonchev–Trinajstić information content (AvgIpc) is 2.50. The maximum atomic E-state index is 11.4. The first-order chi connectivity index (χ1) is 6.47. The Kier molecular flexibility index (Phi) is 2.18. The van der Waals surface area contributed by atoms with Crippen molar-refractivity contribution in [3.05, 3.63) is 0 Å². The van der Waals surface area contributed by atoms with Gasteiger partial charge in [-0.15, -0.1) is 0 Å². The highest BCUT2D eigenvalue weighted by atomic mass is 16.6. The summed E-state index contributed by atoms with van der Waals surface area (Å²) < 4.78 is 5.19. The van der Waals surface area contributed by atoms with Crippen LogP contribution in [0.15, 0.2) is 0 Å². The quantitative estimate of drug-likeness (QED) is 0.609. The molecule has 1 unspecified atom stereocenters. The lowest BCUT2D eigenvalue weighted by Crippen LogP contribution is -2.83. The number of hydrogen-bond donors (Lipinski definition) is 2. The van der Waals surface area contributed by atoms with E-state index >= 15 is 0 Å². The van der Waals surface area contributed by atoms with Gasteiger partial charge in [0.15, 0.2) is 0 Å². The molecule has 1 heterocycles. The Bertz CT molecular complexity index is 237. The van der Waals surface area contributed by atoms with Gasteiger partial charge in [-0.25, -0.2) is 4.79 Å². The lowest BCUT2D eigenvalue weighted by atomic mass is 10.2. The number of hydrogen-bond acceptors (Lipinski definition) is 2. The van der Waals surface area contributed by atoms with Crippen LogP contribution in [0.5, 0.6) is 0 Å². The highest BCUT2D eigenvalue weighted by molar-refractivity contribution is 5.68. The van der Waals surface area contributed by atoms with Crippen LogP contribution in [-0.4, -0.2) is 30.8 Å². The molecule has 2 aliphatic rings.